The largest absolute Gasteiger partial charge is 0.479 e. The summed E-state index contributed by atoms with van der Waals surface area (Å²) in [5, 5.41) is 0. The molecule has 1 aromatic heterocycles. The molecule has 2 N–H and O–H groups in total. The van der Waals surface area contributed by atoms with Crippen LogP contribution < -0.4 is 10.5 Å². The van der Waals surface area contributed by atoms with Crippen LogP contribution in [-0.2, 0) is 0 Å². The molecule has 0 saturated heterocycles. The number of aromatic nitrogens is 1. The molecule has 1 heterocycles. The SMILES string of the molecule is Cc1ccnc(-c2cccc(OCN)c2)c1. The van der Waals surface area contributed by atoms with Crippen LogP contribution in [0, 0.1) is 6.92 Å². The molecule has 82 valence electrons. The van der Waals surface area contributed by atoms with Gasteiger partial charge in [-0.2, -0.15) is 0 Å². The first-order chi connectivity index (χ1) is 7.79. The van der Waals surface area contributed by atoms with Crippen molar-refractivity contribution in [2.45, 2.75) is 6.92 Å². The zero-order valence-corrected chi connectivity index (χ0v) is 9.18. The summed E-state index contributed by atoms with van der Waals surface area (Å²) in [5.41, 5.74) is 8.51. The van der Waals surface area contributed by atoms with Crippen LogP contribution in [0.2, 0.25) is 0 Å². The highest BCUT2D eigenvalue weighted by molar-refractivity contribution is 5.61. The second-order valence-corrected chi connectivity index (χ2v) is 3.56. The highest BCUT2D eigenvalue weighted by Gasteiger charge is 2.01. The van der Waals surface area contributed by atoms with E-state index >= 15 is 0 Å². The maximum atomic E-state index is 5.34. The molecule has 0 bridgehead atoms. The number of rotatable bonds is 3. The second-order valence-electron chi connectivity index (χ2n) is 3.56. The van der Waals surface area contributed by atoms with Crippen LogP contribution in [0.25, 0.3) is 11.3 Å². The van der Waals surface area contributed by atoms with Gasteiger partial charge in [0.05, 0.1) is 5.69 Å². The Balaban J connectivity index is 2.36. The summed E-state index contributed by atoms with van der Waals surface area (Å²) in [4.78, 5) is 4.32. The molecule has 2 aromatic rings. The summed E-state index contributed by atoms with van der Waals surface area (Å²) >= 11 is 0. The maximum absolute atomic E-state index is 5.34. The van der Waals surface area contributed by atoms with E-state index in [1.165, 1.54) is 5.56 Å². The summed E-state index contributed by atoms with van der Waals surface area (Å²) in [6, 6.07) is 11.8. The topological polar surface area (TPSA) is 48.1 Å². The quantitative estimate of drug-likeness (QED) is 0.798. The molecule has 0 aliphatic rings. The number of pyridine rings is 1. The Bertz CT molecular complexity index is 483. The van der Waals surface area contributed by atoms with Crippen LogP contribution in [0.5, 0.6) is 5.75 Å². The van der Waals surface area contributed by atoms with Gasteiger partial charge in [-0.25, -0.2) is 0 Å². The molecule has 0 amide bonds. The third kappa shape index (κ3) is 2.38. The molecular weight excluding hydrogens is 200 g/mol. The summed E-state index contributed by atoms with van der Waals surface area (Å²) in [6.45, 7) is 2.23. The first kappa shape index (κ1) is 10.6. The van der Waals surface area contributed by atoms with Gasteiger partial charge in [0.15, 0.2) is 0 Å². The molecule has 0 aliphatic carbocycles. The predicted molar refractivity (Wildman–Crippen MR) is 64.1 cm³/mol. The van der Waals surface area contributed by atoms with Crippen LogP contribution in [0.1, 0.15) is 5.56 Å². The van der Waals surface area contributed by atoms with E-state index in [-0.39, 0.29) is 6.73 Å². The van der Waals surface area contributed by atoms with Crippen molar-refractivity contribution in [3.05, 3.63) is 48.2 Å². The lowest BCUT2D eigenvalue weighted by molar-refractivity contribution is 0.330. The average molecular weight is 214 g/mol. The smallest absolute Gasteiger partial charge is 0.137 e. The van der Waals surface area contributed by atoms with Gasteiger partial charge < -0.3 is 4.74 Å². The number of nitrogens with two attached hydrogens (primary N) is 1. The zero-order valence-electron chi connectivity index (χ0n) is 9.18. The molecule has 0 atom stereocenters. The highest BCUT2D eigenvalue weighted by Crippen LogP contribution is 2.22. The number of hydrogen-bond donors (Lipinski definition) is 1. The van der Waals surface area contributed by atoms with E-state index < -0.39 is 0 Å². The van der Waals surface area contributed by atoms with Crippen LogP contribution in [0.15, 0.2) is 42.6 Å². The van der Waals surface area contributed by atoms with Gasteiger partial charge in [-0.05, 0) is 36.8 Å². The Kier molecular flexibility index (Phi) is 3.17. The lowest BCUT2D eigenvalue weighted by Crippen LogP contribution is -2.07. The fourth-order valence-electron chi connectivity index (χ4n) is 1.54. The van der Waals surface area contributed by atoms with E-state index in [1.54, 1.807) is 6.20 Å². The van der Waals surface area contributed by atoms with Gasteiger partial charge in [0.1, 0.15) is 12.5 Å². The van der Waals surface area contributed by atoms with Crippen molar-refractivity contribution in [3.8, 4) is 17.0 Å². The van der Waals surface area contributed by atoms with E-state index in [2.05, 4.69) is 4.98 Å². The average Bonchev–Trinajstić information content (AvgIpc) is 2.30. The van der Waals surface area contributed by atoms with E-state index in [4.69, 9.17) is 10.5 Å². The first-order valence-electron chi connectivity index (χ1n) is 5.15. The molecular formula is C13H14N2O. The number of hydrogen-bond acceptors (Lipinski definition) is 3. The molecule has 3 heteroatoms. The molecule has 0 unspecified atom stereocenters. The van der Waals surface area contributed by atoms with Crippen molar-refractivity contribution >= 4 is 0 Å². The van der Waals surface area contributed by atoms with Gasteiger partial charge in [0.25, 0.3) is 0 Å². The minimum atomic E-state index is 0.185. The van der Waals surface area contributed by atoms with E-state index in [0.717, 1.165) is 17.0 Å². The van der Waals surface area contributed by atoms with E-state index in [0.29, 0.717) is 0 Å². The highest BCUT2D eigenvalue weighted by atomic mass is 16.5. The van der Waals surface area contributed by atoms with Crippen molar-refractivity contribution in [2.24, 2.45) is 5.73 Å². The number of benzene rings is 1. The Morgan fingerprint density at radius 3 is 2.88 bits per heavy atom. The molecule has 0 radical (unpaired) electrons. The molecule has 0 spiro atoms. The minimum Gasteiger partial charge on any atom is -0.479 e. The van der Waals surface area contributed by atoms with Gasteiger partial charge in [-0.15, -0.1) is 0 Å². The van der Waals surface area contributed by atoms with Crippen LogP contribution in [0.4, 0.5) is 0 Å². The second kappa shape index (κ2) is 4.77. The fraction of sp³-hybridized carbons (Fsp3) is 0.154. The number of nitrogens with zero attached hydrogens (tertiary/aromatic N) is 1. The third-order valence-electron chi connectivity index (χ3n) is 2.30. The normalized spacial score (nSPS) is 10.1. The van der Waals surface area contributed by atoms with Crippen molar-refractivity contribution in [1.29, 1.82) is 0 Å². The zero-order chi connectivity index (χ0) is 11.4. The molecule has 0 fully saturated rings. The van der Waals surface area contributed by atoms with Crippen molar-refractivity contribution < 1.29 is 4.74 Å². The predicted octanol–water partition coefficient (Wildman–Crippen LogP) is 2.35. The van der Waals surface area contributed by atoms with Gasteiger partial charge in [0, 0.05) is 11.8 Å². The number of aryl methyl sites for hydroxylation is 1. The van der Waals surface area contributed by atoms with Crippen molar-refractivity contribution in [1.82, 2.24) is 4.98 Å². The monoisotopic (exact) mass is 214 g/mol. The van der Waals surface area contributed by atoms with Gasteiger partial charge >= 0.3 is 0 Å². The molecule has 3 nitrogen and oxygen atoms in total. The van der Waals surface area contributed by atoms with Crippen molar-refractivity contribution in [2.75, 3.05) is 6.73 Å². The summed E-state index contributed by atoms with van der Waals surface area (Å²) in [5.74, 6) is 0.767. The van der Waals surface area contributed by atoms with Gasteiger partial charge in [-0.3, -0.25) is 10.7 Å². The van der Waals surface area contributed by atoms with Crippen molar-refractivity contribution in [3.63, 3.8) is 0 Å². The minimum absolute atomic E-state index is 0.185. The summed E-state index contributed by atoms with van der Waals surface area (Å²) in [7, 11) is 0. The van der Waals surface area contributed by atoms with Crippen LogP contribution >= 0.6 is 0 Å². The summed E-state index contributed by atoms with van der Waals surface area (Å²) in [6.07, 6.45) is 1.81. The lowest BCUT2D eigenvalue weighted by atomic mass is 10.1. The van der Waals surface area contributed by atoms with Crippen LogP contribution in [-0.4, -0.2) is 11.7 Å². The Morgan fingerprint density at radius 2 is 2.12 bits per heavy atom. The first-order valence-corrected chi connectivity index (χ1v) is 5.15. The molecule has 16 heavy (non-hydrogen) atoms. The van der Waals surface area contributed by atoms with E-state index in [1.807, 2.05) is 43.3 Å². The van der Waals surface area contributed by atoms with Crippen LogP contribution in [0.3, 0.4) is 0 Å². The van der Waals surface area contributed by atoms with E-state index in [9.17, 15) is 0 Å². The third-order valence-corrected chi connectivity index (χ3v) is 2.30. The lowest BCUT2D eigenvalue weighted by Gasteiger charge is -2.05. The van der Waals surface area contributed by atoms with Gasteiger partial charge in [-0.1, -0.05) is 12.1 Å². The maximum Gasteiger partial charge on any atom is 0.137 e. The fourth-order valence-corrected chi connectivity index (χ4v) is 1.54. The standard InChI is InChI=1S/C13H14N2O/c1-10-5-6-15-13(7-10)11-3-2-4-12(8-11)16-9-14/h2-8H,9,14H2,1H3. The summed E-state index contributed by atoms with van der Waals surface area (Å²) < 4.78 is 5.25. The Labute approximate surface area is 94.9 Å². The molecule has 0 saturated carbocycles. The molecule has 1 aromatic carbocycles. The molecule has 0 aliphatic heterocycles. The number of ether oxygens (including phenoxy) is 1. The van der Waals surface area contributed by atoms with Gasteiger partial charge in [0.2, 0.25) is 0 Å². The Hall–Kier alpha value is -1.87. The Morgan fingerprint density at radius 1 is 1.25 bits per heavy atom. The molecule has 2 rings (SSSR count).